The molecule has 0 fully saturated rings. The smallest absolute Gasteiger partial charge is 0.316 e. The van der Waals surface area contributed by atoms with Crippen molar-refractivity contribution < 1.29 is 0 Å². The summed E-state index contributed by atoms with van der Waals surface area (Å²) in [6.07, 6.45) is 0. The fourth-order valence-electron chi connectivity index (χ4n) is 1.63. The molecular formula is C12H13BrN4O2S. The molecule has 0 aliphatic carbocycles. The SMILES string of the molecule is CNCc1cc(Br)ccc1Sc1nc(=O)c(=O)[nH]n1C. The monoisotopic (exact) mass is 356 g/mol. The molecule has 0 amide bonds. The summed E-state index contributed by atoms with van der Waals surface area (Å²) < 4.78 is 2.43. The van der Waals surface area contributed by atoms with Gasteiger partial charge in [0.25, 0.3) is 0 Å². The van der Waals surface area contributed by atoms with Crippen molar-refractivity contribution in [1.82, 2.24) is 20.1 Å². The van der Waals surface area contributed by atoms with Crippen LogP contribution in [0.4, 0.5) is 0 Å². The Bertz CT molecular complexity index is 741. The van der Waals surface area contributed by atoms with Gasteiger partial charge in [-0.1, -0.05) is 15.9 Å². The number of halogens is 1. The normalized spacial score (nSPS) is 10.8. The van der Waals surface area contributed by atoms with Gasteiger partial charge >= 0.3 is 11.1 Å². The van der Waals surface area contributed by atoms with Gasteiger partial charge in [0, 0.05) is 23.0 Å². The number of aromatic nitrogens is 3. The second kappa shape index (κ2) is 6.38. The van der Waals surface area contributed by atoms with Crippen molar-refractivity contribution in [2.24, 2.45) is 7.05 Å². The van der Waals surface area contributed by atoms with Crippen LogP contribution in [0.25, 0.3) is 0 Å². The highest BCUT2D eigenvalue weighted by atomic mass is 79.9. The second-order valence-corrected chi connectivity index (χ2v) is 6.01. The minimum atomic E-state index is -0.780. The maximum absolute atomic E-state index is 11.3. The Morgan fingerprint density at radius 2 is 2.20 bits per heavy atom. The highest BCUT2D eigenvalue weighted by Crippen LogP contribution is 2.29. The van der Waals surface area contributed by atoms with Crippen molar-refractivity contribution in [1.29, 1.82) is 0 Å². The molecule has 6 nitrogen and oxygen atoms in total. The van der Waals surface area contributed by atoms with E-state index in [1.165, 1.54) is 16.4 Å². The van der Waals surface area contributed by atoms with E-state index >= 15 is 0 Å². The number of hydrogen-bond donors (Lipinski definition) is 2. The molecule has 2 rings (SSSR count). The summed E-state index contributed by atoms with van der Waals surface area (Å²) >= 11 is 4.77. The van der Waals surface area contributed by atoms with Gasteiger partial charge in [-0.3, -0.25) is 19.4 Å². The molecule has 0 bridgehead atoms. The molecule has 0 spiro atoms. The molecule has 0 radical (unpaired) electrons. The Morgan fingerprint density at radius 1 is 1.45 bits per heavy atom. The van der Waals surface area contributed by atoms with E-state index in [1.54, 1.807) is 7.05 Å². The third-order valence-electron chi connectivity index (χ3n) is 2.54. The number of aryl methyl sites for hydroxylation is 1. The molecule has 1 aromatic heterocycles. The molecule has 0 aliphatic rings. The topological polar surface area (TPSA) is 79.8 Å². The Labute approximate surface area is 127 Å². The van der Waals surface area contributed by atoms with Gasteiger partial charge in [0.2, 0.25) is 0 Å². The van der Waals surface area contributed by atoms with Gasteiger partial charge in [-0.15, -0.1) is 0 Å². The minimum absolute atomic E-state index is 0.439. The fraction of sp³-hybridized carbons (Fsp3) is 0.250. The summed E-state index contributed by atoms with van der Waals surface area (Å²) in [7, 11) is 3.51. The Balaban J connectivity index is 2.42. The lowest BCUT2D eigenvalue weighted by Crippen LogP contribution is -2.33. The number of benzene rings is 1. The Kier molecular flexibility index (Phi) is 4.79. The van der Waals surface area contributed by atoms with Gasteiger partial charge in [-0.25, -0.2) is 0 Å². The lowest BCUT2D eigenvalue weighted by Gasteiger charge is -2.10. The van der Waals surface area contributed by atoms with Crippen LogP contribution in [0.1, 0.15) is 5.56 Å². The van der Waals surface area contributed by atoms with E-state index in [2.05, 4.69) is 31.3 Å². The zero-order chi connectivity index (χ0) is 14.7. The standard InChI is InChI=1S/C12H13BrN4O2S/c1-14-6-7-5-8(13)3-4-9(7)20-12-15-10(18)11(19)16-17(12)2/h3-5,14H,6H2,1-2H3,(H,16,19). The number of nitrogens with zero attached hydrogens (tertiary/aromatic N) is 2. The molecule has 0 saturated heterocycles. The first-order chi connectivity index (χ1) is 9.51. The van der Waals surface area contributed by atoms with Gasteiger partial charge in [-0.05, 0) is 42.6 Å². The highest BCUT2D eigenvalue weighted by molar-refractivity contribution is 9.10. The van der Waals surface area contributed by atoms with Crippen LogP contribution in [0.3, 0.4) is 0 Å². The summed E-state index contributed by atoms with van der Waals surface area (Å²) in [5.74, 6) is 0. The fourth-order valence-corrected chi connectivity index (χ4v) is 2.94. The maximum Gasteiger partial charge on any atom is 0.339 e. The lowest BCUT2D eigenvalue weighted by molar-refractivity contribution is 0.596. The Hall–Kier alpha value is -1.38. The zero-order valence-corrected chi connectivity index (χ0v) is 13.3. The van der Waals surface area contributed by atoms with Crippen LogP contribution in [0, 0.1) is 0 Å². The second-order valence-electron chi connectivity index (χ2n) is 4.08. The van der Waals surface area contributed by atoms with Gasteiger partial charge < -0.3 is 5.32 Å². The van der Waals surface area contributed by atoms with Crippen molar-refractivity contribution in [3.8, 4) is 0 Å². The van der Waals surface area contributed by atoms with Gasteiger partial charge in [0.15, 0.2) is 5.16 Å². The van der Waals surface area contributed by atoms with Gasteiger partial charge in [-0.2, -0.15) is 4.98 Å². The summed E-state index contributed by atoms with van der Waals surface area (Å²) in [6, 6.07) is 5.87. The van der Waals surface area contributed by atoms with Gasteiger partial charge in [0.1, 0.15) is 0 Å². The third-order valence-corrected chi connectivity index (χ3v) is 4.20. The molecule has 0 saturated carbocycles. The molecule has 0 unspecified atom stereocenters. The molecular weight excluding hydrogens is 344 g/mol. The van der Waals surface area contributed by atoms with Crippen LogP contribution >= 0.6 is 27.7 Å². The molecule has 0 atom stereocenters. The third kappa shape index (κ3) is 3.38. The lowest BCUT2D eigenvalue weighted by atomic mass is 10.2. The molecule has 1 aromatic carbocycles. The van der Waals surface area contributed by atoms with Crippen LogP contribution in [-0.4, -0.2) is 21.8 Å². The minimum Gasteiger partial charge on any atom is -0.316 e. The molecule has 106 valence electrons. The maximum atomic E-state index is 11.3. The number of aromatic amines is 1. The molecule has 8 heteroatoms. The zero-order valence-electron chi connectivity index (χ0n) is 10.9. The summed E-state index contributed by atoms with van der Waals surface area (Å²) in [6.45, 7) is 0.694. The van der Waals surface area contributed by atoms with E-state index in [0.29, 0.717) is 11.7 Å². The average molecular weight is 357 g/mol. The number of H-pyrrole nitrogens is 1. The molecule has 1 heterocycles. The largest absolute Gasteiger partial charge is 0.339 e. The van der Waals surface area contributed by atoms with Crippen LogP contribution in [-0.2, 0) is 13.6 Å². The molecule has 20 heavy (non-hydrogen) atoms. The first-order valence-electron chi connectivity index (χ1n) is 5.79. The van der Waals surface area contributed by atoms with E-state index < -0.39 is 11.1 Å². The van der Waals surface area contributed by atoms with E-state index in [-0.39, 0.29) is 0 Å². The number of nitrogens with one attached hydrogen (secondary N) is 2. The van der Waals surface area contributed by atoms with E-state index in [0.717, 1.165) is 14.9 Å². The van der Waals surface area contributed by atoms with E-state index in [9.17, 15) is 9.59 Å². The number of rotatable bonds is 4. The first-order valence-corrected chi connectivity index (χ1v) is 7.40. The first kappa shape index (κ1) is 15.0. The summed E-state index contributed by atoms with van der Waals surface area (Å²) in [4.78, 5) is 27.3. The van der Waals surface area contributed by atoms with Crippen LogP contribution in [0.15, 0.2) is 42.3 Å². The highest BCUT2D eigenvalue weighted by Gasteiger charge is 2.10. The quantitative estimate of drug-likeness (QED) is 0.802. The Morgan fingerprint density at radius 3 is 2.90 bits per heavy atom. The van der Waals surface area contributed by atoms with E-state index in [1.807, 2.05) is 25.2 Å². The van der Waals surface area contributed by atoms with Crippen molar-refractivity contribution >= 4 is 27.7 Å². The predicted molar refractivity (Wildman–Crippen MR) is 81.1 cm³/mol. The predicted octanol–water partition coefficient (Wildman–Crippen LogP) is 1.10. The van der Waals surface area contributed by atoms with Crippen molar-refractivity contribution in [2.45, 2.75) is 16.6 Å². The van der Waals surface area contributed by atoms with E-state index in [4.69, 9.17) is 0 Å². The molecule has 0 aliphatic heterocycles. The molecule has 2 aromatic rings. The van der Waals surface area contributed by atoms with Crippen molar-refractivity contribution in [3.63, 3.8) is 0 Å². The van der Waals surface area contributed by atoms with Gasteiger partial charge in [0.05, 0.1) is 0 Å². The van der Waals surface area contributed by atoms with Crippen molar-refractivity contribution in [3.05, 3.63) is 48.9 Å². The van der Waals surface area contributed by atoms with Crippen LogP contribution in [0.5, 0.6) is 0 Å². The van der Waals surface area contributed by atoms with Crippen LogP contribution < -0.4 is 16.4 Å². The van der Waals surface area contributed by atoms with Crippen molar-refractivity contribution in [2.75, 3.05) is 7.05 Å². The summed E-state index contributed by atoms with van der Waals surface area (Å²) in [5, 5.41) is 5.96. The summed E-state index contributed by atoms with van der Waals surface area (Å²) in [5.41, 5.74) is -0.423. The van der Waals surface area contributed by atoms with Crippen LogP contribution in [0.2, 0.25) is 0 Å². The number of hydrogen-bond acceptors (Lipinski definition) is 5. The average Bonchev–Trinajstić information content (AvgIpc) is 2.39. The molecule has 2 N–H and O–H groups in total.